The maximum atomic E-state index is 13.5. The van der Waals surface area contributed by atoms with Crippen LogP contribution in [0.5, 0.6) is 0 Å². The Labute approximate surface area is 209 Å². The third-order valence-electron chi connectivity index (χ3n) is 5.89. The van der Waals surface area contributed by atoms with E-state index in [2.05, 4.69) is 10.6 Å². The minimum absolute atomic E-state index is 0.00307. The molecule has 0 saturated carbocycles. The number of hydrogen-bond donors (Lipinski definition) is 3. The van der Waals surface area contributed by atoms with E-state index < -0.39 is 46.6 Å². The number of nitrogens with zero attached hydrogens (tertiary/aromatic N) is 1. The second-order valence-corrected chi connectivity index (χ2v) is 9.59. The predicted octanol–water partition coefficient (Wildman–Crippen LogP) is 4.48. The number of carboxylic acid groups (broad SMARTS) is 1. The maximum absolute atomic E-state index is 13.5. The van der Waals surface area contributed by atoms with Crippen LogP contribution in [-0.4, -0.2) is 38.8 Å². The van der Waals surface area contributed by atoms with Crippen molar-refractivity contribution in [3.05, 3.63) is 51.6 Å². The number of carboxylic acids is 1. The zero-order valence-electron chi connectivity index (χ0n) is 19.6. The van der Waals surface area contributed by atoms with Crippen LogP contribution in [0.15, 0.2) is 12.1 Å². The third kappa shape index (κ3) is 5.89. The fraction of sp³-hybridized carbons (Fsp3) is 0.417. The Morgan fingerprint density at radius 1 is 1.11 bits per heavy atom. The smallest absolute Gasteiger partial charge is 0.303 e. The highest BCUT2D eigenvalue weighted by molar-refractivity contribution is 6.48. The molecule has 1 aromatic carbocycles. The van der Waals surface area contributed by atoms with Crippen LogP contribution >= 0.6 is 11.6 Å². The molecule has 0 atom stereocenters. The molecule has 0 aliphatic carbocycles. The Morgan fingerprint density at radius 3 is 2.36 bits per heavy atom. The Bertz CT molecular complexity index is 1220. The zero-order valence-corrected chi connectivity index (χ0v) is 20.4. The number of fused-ring (bicyclic) bond motifs is 1. The summed E-state index contributed by atoms with van der Waals surface area (Å²) in [4.78, 5) is 49.5. The summed E-state index contributed by atoms with van der Waals surface area (Å²) in [5, 5.41) is 13.4. The summed E-state index contributed by atoms with van der Waals surface area (Å²) >= 11 is 6.39. The predicted molar refractivity (Wildman–Crippen MR) is 125 cm³/mol. The maximum Gasteiger partial charge on any atom is 0.303 e. The van der Waals surface area contributed by atoms with Gasteiger partial charge in [0.25, 0.3) is 17.6 Å². The number of hydrogen-bond acceptors (Lipinski definition) is 4. The first-order valence-electron chi connectivity index (χ1n) is 11.3. The van der Waals surface area contributed by atoms with Crippen LogP contribution in [-0.2, 0) is 22.6 Å². The highest BCUT2D eigenvalue weighted by Crippen LogP contribution is 2.34. The standard InChI is InChI=1S/C24H25ClF3N3O5/c1-24(2,8-4-3-7-16(32)33)30-23(36)21(34)20-18(25)17(15-6-5-9-31(15)20)22(35)29-12-10-13(26)19(28)14(27)11-12/h10-11H,3-9H2,1-2H3,(H,29,35)(H,30,36)(H,32,33). The van der Waals surface area contributed by atoms with Crippen LogP contribution in [0, 0.1) is 17.5 Å². The number of rotatable bonds is 10. The molecule has 0 saturated heterocycles. The highest BCUT2D eigenvalue weighted by Gasteiger charge is 2.35. The zero-order chi connectivity index (χ0) is 26.8. The van der Waals surface area contributed by atoms with Crippen molar-refractivity contribution in [1.82, 2.24) is 9.88 Å². The number of Topliss-reactive ketones (excluding diaryl/α,β-unsaturated/α-hetero) is 1. The summed E-state index contributed by atoms with van der Waals surface area (Å²) in [5.74, 6) is -8.35. The SMILES string of the molecule is CC(C)(CCCCC(=O)O)NC(=O)C(=O)c1c(Cl)c(C(=O)Nc2cc(F)c(F)c(F)c2)c2n1CCC2. The van der Waals surface area contributed by atoms with Crippen LogP contribution in [0.1, 0.15) is 72.5 Å². The molecule has 36 heavy (non-hydrogen) atoms. The number of halogens is 4. The summed E-state index contributed by atoms with van der Waals surface area (Å²) in [7, 11) is 0. The molecule has 1 aromatic heterocycles. The molecule has 3 rings (SSSR count). The molecule has 0 unspecified atom stereocenters. The van der Waals surface area contributed by atoms with E-state index in [1.54, 1.807) is 13.8 Å². The molecular formula is C24H25ClF3N3O5. The van der Waals surface area contributed by atoms with Crippen molar-refractivity contribution in [3.8, 4) is 0 Å². The lowest BCUT2D eigenvalue weighted by molar-refractivity contribution is -0.137. The van der Waals surface area contributed by atoms with Gasteiger partial charge in [-0.1, -0.05) is 18.0 Å². The van der Waals surface area contributed by atoms with Crippen molar-refractivity contribution in [2.75, 3.05) is 5.32 Å². The monoisotopic (exact) mass is 527 g/mol. The van der Waals surface area contributed by atoms with Crippen molar-refractivity contribution in [2.24, 2.45) is 0 Å². The number of carbonyl (C=O) groups excluding carboxylic acids is 3. The lowest BCUT2D eigenvalue weighted by Crippen LogP contribution is -2.46. The number of aromatic nitrogens is 1. The molecule has 3 N–H and O–H groups in total. The molecule has 194 valence electrons. The number of carbonyl (C=O) groups is 4. The lowest BCUT2D eigenvalue weighted by Gasteiger charge is -2.26. The van der Waals surface area contributed by atoms with Gasteiger partial charge in [0.2, 0.25) is 0 Å². The average molecular weight is 528 g/mol. The fourth-order valence-electron chi connectivity index (χ4n) is 4.20. The van der Waals surface area contributed by atoms with E-state index in [4.69, 9.17) is 16.7 Å². The molecule has 12 heteroatoms. The Balaban J connectivity index is 1.80. The Morgan fingerprint density at radius 2 is 1.75 bits per heavy atom. The Hall–Kier alpha value is -3.34. The minimum atomic E-state index is -1.68. The molecule has 0 radical (unpaired) electrons. The average Bonchev–Trinajstić information content (AvgIpc) is 3.33. The van der Waals surface area contributed by atoms with E-state index in [1.807, 2.05) is 0 Å². The summed E-state index contributed by atoms with van der Waals surface area (Å²) in [6.45, 7) is 3.72. The van der Waals surface area contributed by atoms with Crippen molar-refractivity contribution in [3.63, 3.8) is 0 Å². The van der Waals surface area contributed by atoms with Crippen LogP contribution in [0.25, 0.3) is 0 Å². The number of aliphatic carboxylic acids is 1. The van der Waals surface area contributed by atoms with Gasteiger partial charge in [0.1, 0.15) is 5.69 Å². The molecule has 2 amide bonds. The molecule has 8 nitrogen and oxygen atoms in total. The molecule has 1 aliphatic heterocycles. The minimum Gasteiger partial charge on any atom is -0.481 e. The first kappa shape index (κ1) is 27.3. The number of benzene rings is 1. The van der Waals surface area contributed by atoms with Crippen LogP contribution in [0.2, 0.25) is 5.02 Å². The van der Waals surface area contributed by atoms with Crippen molar-refractivity contribution < 1.29 is 37.5 Å². The van der Waals surface area contributed by atoms with E-state index in [9.17, 15) is 32.3 Å². The van der Waals surface area contributed by atoms with Gasteiger partial charge in [-0.15, -0.1) is 0 Å². The molecule has 2 aromatic rings. The van der Waals surface area contributed by atoms with Gasteiger partial charge in [-0.05, 0) is 39.5 Å². The number of nitrogens with one attached hydrogen (secondary N) is 2. The van der Waals surface area contributed by atoms with E-state index in [1.165, 1.54) is 4.57 Å². The van der Waals surface area contributed by atoms with Crippen molar-refractivity contribution in [1.29, 1.82) is 0 Å². The van der Waals surface area contributed by atoms with Crippen molar-refractivity contribution >= 4 is 40.9 Å². The van der Waals surface area contributed by atoms with Crippen molar-refractivity contribution in [2.45, 2.75) is 64.5 Å². The van der Waals surface area contributed by atoms with Gasteiger partial charge in [-0.3, -0.25) is 19.2 Å². The van der Waals surface area contributed by atoms with Gasteiger partial charge in [0.05, 0.1) is 10.6 Å². The van der Waals surface area contributed by atoms with E-state index in [0.717, 1.165) is 0 Å². The fourth-order valence-corrected chi connectivity index (χ4v) is 4.58. The third-order valence-corrected chi connectivity index (χ3v) is 6.26. The second kappa shape index (κ2) is 10.7. The highest BCUT2D eigenvalue weighted by atomic mass is 35.5. The van der Waals surface area contributed by atoms with Gasteiger partial charge in [-0.25, -0.2) is 13.2 Å². The molecule has 0 spiro atoms. The van der Waals surface area contributed by atoms with Gasteiger partial charge < -0.3 is 20.3 Å². The summed E-state index contributed by atoms with van der Waals surface area (Å²) in [6.07, 6.45) is 2.31. The van der Waals surface area contributed by atoms with Gasteiger partial charge >= 0.3 is 5.97 Å². The second-order valence-electron chi connectivity index (χ2n) is 9.22. The molecule has 1 aliphatic rings. The molecular weight excluding hydrogens is 503 g/mol. The van der Waals surface area contributed by atoms with Crippen LogP contribution in [0.4, 0.5) is 18.9 Å². The summed E-state index contributed by atoms with van der Waals surface area (Å²) in [5.41, 5.74) is -1.05. The van der Waals surface area contributed by atoms with Crippen LogP contribution in [0.3, 0.4) is 0 Å². The van der Waals surface area contributed by atoms with Gasteiger partial charge in [-0.2, -0.15) is 0 Å². The quantitative estimate of drug-likeness (QED) is 0.182. The summed E-state index contributed by atoms with van der Waals surface area (Å²) in [6, 6.07) is 1.22. The van der Waals surface area contributed by atoms with E-state index in [0.29, 0.717) is 56.5 Å². The molecule has 0 bridgehead atoms. The van der Waals surface area contributed by atoms with Crippen LogP contribution < -0.4 is 10.6 Å². The Kier molecular flexibility index (Phi) is 8.12. The largest absolute Gasteiger partial charge is 0.481 e. The first-order chi connectivity index (χ1) is 16.8. The summed E-state index contributed by atoms with van der Waals surface area (Å²) < 4.78 is 41.8. The number of anilines is 1. The topological polar surface area (TPSA) is 118 Å². The van der Waals surface area contributed by atoms with E-state index in [-0.39, 0.29) is 28.4 Å². The first-order valence-corrected chi connectivity index (χ1v) is 11.7. The normalized spacial score (nSPS) is 12.8. The molecule has 0 fully saturated rings. The lowest BCUT2D eigenvalue weighted by atomic mass is 9.96. The van der Waals surface area contributed by atoms with E-state index >= 15 is 0 Å². The van der Waals surface area contributed by atoms with Gasteiger partial charge in [0, 0.05) is 42.0 Å². The number of ketones is 1. The number of unbranched alkanes of at least 4 members (excludes halogenated alkanes) is 1. The number of amides is 2. The molecule has 2 heterocycles. The van der Waals surface area contributed by atoms with Gasteiger partial charge in [0.15, 0.2) is 17.5 Å².